The van der Waals surface area contributed by atoms with Crippen molar-refractivity contribution in [3.05, 3.63) is 29.6 Å². The number of ether oxygens (including phenoxy) is 1. The van der Waals surface area contributed by atoms with E-state index in [0.717, 1.165) is 19.4 Å². The molecule has 0 amide bonds. The molecule has 2 unspecified atom stereocenters. The molecule has 0 aliphatic carbocycles. The van der Waals surface area contributed by atoms with Gasteiger partial charge in [-0.1, -0.05) is 6.07 Å². The van der Waals surface area contributed by atoms with Crippen molar-refractivity contribution in [1.82, 2.24) is 4.90 Å². The van der Waals surface area contributed by atoms with Crippen LogP contribution in [0.1, 0.15) is 30.9 Å². The van der Waals surface area contributed by atoms with Gasteiger partial charge in [-0.3, -0.25) is 4.90 Å². The zero-order chi connectivity index (χ0) is 14.5. The van der Waals surface area contributed by atoms with E-state index in [1.807, 2.05) is 0 Å². The summed E-state index contributed by atoms with van der Waals surface area (Å²) in [5.74, 6) is -0.0744. The lowest BCUT2D eigenvalue weighted by Gasteiger charge is -2.24. The Morgan fingerprint density at radius 3 is 3.00 bits per heavy atom. The normalized spacial score (nSPS) is 21.1. The zero-order valence-electron chi connectivity index (χ0n) is 11.8. The molecule has 1 aromatic carbocycles. The molecule has 0 bridgehead atoms. The minimum absolute atomic E-state index is 0.138. The van der Waals surface area contributed by atoms with E-state index in [1.54, 1.807) is 12.1 Å². The molecule has 1 heterocycles. The van der Waals surface area contributed by atoms with Crippen LogP contribution in [0.2, 0.25) is 0 Å². The first-order chi connectivity index (χ1) is 9.67. The van der Waals surface area contributed by atoms with Crippen LogP contribution in [0.5, 0.6) is 5.75 Å². The number of nitrogens with zero attached hydrogens (tertiary/aromatic N) is 1. The predicted molar refractivity (Wildman–Crippen MR) is 74.2 cm³/mol. The number of aliphatic hydroxyl groups is 2. The average Bonchev–Trinajstić information content (AvgIpc) is 2.91. The summed E-state index contributed by atoms with van der Waals surface area (Å²) in [6, 6.07) is 4.71. The Labute approximate surface area is 118 Å². The Morgan fingerprint density at radius 2 is 2.30 bits per heavy atom. The number of hydrogen-bond donors (Lipinski definition) is 2. The van der Waals surface area contributed by atoms with Gasteiger partial charge >= 0.3 is 0 Å². The van der Waals surface area contributed by atoms with Crippen molar-refractivity contribution in [2.24, 2.45) is 0 Å². The summed E-state index contributed by atoms with van der Waals surface area (Å²) in [4.78, 5) is 2.15. The number of hydrogen-bond acceptors (Lipinski definition) is 4. The molecule has 1 aliphatic heterocycles. The topological polar surface area (TPSA) is 52.9 Å². The molecule has 0 saturated carbocycles. The molecular formula is C15H22FNO3. The summed E-state index contributed by atoms with van der Waals surface area (Å²) < 4.78 is 18.9. The molecule has 5 heteroatoms. The Morgan fingerprint density at radius 1 is 1.50 bits per heavy atom. The largest absolute Gasteiger partial charge is 0.496 e. The fourth-order valence-electron chi connectivity index (χ4n) is 2.85. The van der Waals surface area contributed by atoms with Crippen LogP contribution < -0.4 is 4.74 Å². The minimum atomic E-state index is -0.897. The molecule has 0 spiro atoms. The summed E-state index contributed by atoms with van der Waals surface area (Å²) in [5.41, 5.74) is 0.217. The molecule has 112 valence electrons. The van der Waals surface area contributed by atoms with Crippen molar-refractivity contribution in [3.63, 3.8) is 0 Å². The summed E-state index contributed by atoms with van der Waals surface area (Å²) in [5, 5.41) is 19.5. The van der Waals surface area contributed by atoms with Crippen LogP contribution in [0.4, 0.5) is 4.39 Å². The first-order valence-corrected chi connectivity index (χ1v) is 7.02. The molecule has 1 saturated heterocycles. The molecule has 4 nitrogen and oxygen atoms in total. The summed E-state index contributed by atoms with van der Waals surface area (Å²) in [6.45, 7) is 1.70. The molecule has 1 aromatic rings. The maximum atomic E-state index is 13.8. The molecule has 2 atom stereocenters. The second-order valence-electron chi connectivity index (χ2n) is 5.17. The Kier molecular flexibility index (Phi) is 5.34. The summed E-state index contributed by atoms with van der Waals surface area (Å²) in [7, 11) is 1.47. The second-order valence-corrected chi connectivity index (χ2v) is 5.17. The molecule has 2 rings (SSSR count). The van der Waals surface area contributed by atoms with E-state index in [1.165, 1.54) is 13.2 Å². The maximum Gasteiger partial charge on any atom is 0.132 e. The van der Waals surface area contributed by atoms with Gasteiger partial charge in [-0.15, -0.1) is 0 Å². The van der Waals surface area contributed by atoms with Crippen molar-refractivity contribution in [2.45, 2.75) is 31.4 Å². The summed E-state index contributed by atoms with van der Waals surface area (Å²) in [6.07, 6.45) is 1.57. The Balaban J connectivity index is 2.00. The third-order valence-corrected chi connectivity index (χ3v) is 3.97. The molecule has 1 aliphatic rings. The van der Waals surface area contributed by atoms with Crippen molar-refractivity contribution in [3.8, 4) is 5.75 Å². The number of halogens is 1. The van der Waals surface area contributed by atoms with Crippen molar-refractivity contribution in [2.75, 3.05) is 26.8 Å². The lowest BCUT2D eigenvalue weighted by molar-refractivity contribution is 0.113. The van der Waals surface area contributed by atoms with Gasteiger partial charge in [-0.2, -0.15) is 0 Å². The maximum absolute atomic E-state index is 13.8. The van der Waals surface area contributed by atoms with Gasteiger partial charge in [-0.25, -0.2) is 4.39 Å². The SMILES string of the molecule is COc1cccc(F)c1C(O)CCN1CCCC1CO. The zero-order valence-corrected chi connectivity index (χ0v) is 11.8. The highest BCUT2D eigenvalue weighted by Crippen LogP contribution is 2.30. The lowest BCUT2D eigenvalue weighted by atomic mass is 10.0. The van der Waals surface area contributed by atoms with Gasteiger partial charge < -0.3 is 14.9 Å². The summed E-state index contributed by atoms with van der Waals surface area (Å²) >= 11 is 0. The first-order valence-electron chi connectivity index (χ1n) is 7.02. The molecule has 2 N–H and O–H groups in total. The van der Waals surface area contributed by atoms with Gasteiger partial charge in [0.2, 0.25) is 0 Å². The highest BCUT2D eigenvalue weighted by Gasteiger charge is 2.25. The fourth-order valence-corrected chi connectivity index (χ4v) is 2.85. The smallest absolute Gasteiger partial charge is 0.132 e. The highest BCUT2D eigenvalue weighted by atomic mass is 19.1. The van der Waals surface area contributed by atoms with Crippen LogP contribution in [0.3, 0.4) is 0 Å². The average molecular weight is 283 g/mol. The van der Waals surface area contributed by atoms with Crippen LogP contribution in [-0.2, 0) is 0 Å². The van der Waals surface area contributed by atoms with E-state index < -0.39 is 11.9 Å². The first kappa shape index (κ1) is 15.2. The molecule has 0 aromatic heterocycles. The molecule has 1 fully saturated rings. The monoisotopic (exact) mass is 283 g/mol. The van der Waals surface area contributed by atoms with Gasteiger partial charge in [0.15, 0.2) is 0 Å². The predicted octanol–water partition coefficient (Wildman–Crippen LogP) is 1.71. The van der Waals surface area contributed by atoms with Crippen LogP contribution in [0.15, 0.2) is 18.2 Å². The van der Waals surface area contributed by atoms with Crippen LogP contribution in [0.25, 0.3) is 0 Å². The Bertz CT molecular complexity index is 441. The van der Waals surface area contributed by atoms with Crippen LogP contribution in [-0.4, -0.2) is 48.0 Å². The fraction of sp³-hybridized carbons (Fsp3) is 0.600. The molecule has 20 heavy (non-hydrogen) atoms. The quantitative estimate of drug-likeness (QED) is 0.834. The Hall–Kier alpha value is -1.17. The lowest BCUT2D eigenvalue weighted by Crippen LogP contribution is -2.33. The van der Waals surface area contributed by atoms with Crippen LogP contribution >= 0.6 is 0 Å². The van der Waals surface area contributed by atoms with E-state index >= 15 is 0 Å². The van der Waals surface area contributed by atoms with E-state index in [4.69, 9.17) is 4.74 Å². The van der Waals surface area contributed by atoms with Gasteiger partial charge in [0.05, 0.1) is 25.4 Å². The minimum Gasteiger partial charge on any atom is -0.496 e. The van der Waals surface area contributed by atoms with Gasteiger partial charge in [0.25, 0.3) is 0 Å². The third-order valence-electron chi connectivity index (χ3n) is 3.97. The van der Waals surface area contributed by atoms with E-state index in [2.05, 4.69) is 4.90 Å². The van der Waals surface area contributed by atoms with E-state index in [9.17, 15) is 14.6 Å². The van der Waals surface area contributed by atoms with Crippen molar-refractivity contribution in [1.29, 1.82) is 0 Å². The van der Waals surface area contributed by atoms with Gasteiger partial charge in [-0.05, 0) is 37.9 Å². The van der Waals surface area contributed by atoms with Crippen molar-refractivity contribution >= 4 is 0 Å². The molecule has 0 radical (unpaired) electrons. The van der Waals surface area contributed by atoms with E-state index in [-0.39, 0.29) is 18.2 Å². The number of methoxy groups -OCH3 is 1. The standard InChI is InChI=1S/C15H22FNO3/c1-20-14-6-2-5-12(16)15(14)13(19)7-9-17-8-3-4-11(17)10-18/h2,5-6,11,13,18-19H,3-4,7-10H2,1H3. The molecular weight excluding hydrogens is 261 g/mol. The highest BCUT2D eigenvalue weighted by molar-refractivity contribution is 5.36. The van der Waals surface area contributed by atoms with Crippen molar-refractivity contribution < 1.29 is 19.3 Å². The second kappa shape index (κ2) is 7.02. The number of benzene rings is 1. The third kappa shape index (κ3) is 3.29. The number of likely N-dealkylation sites (tertiary alicyclic amines) is 1. The van der Waals surface area contributed by atoms with Gasteiger partial charge in [0.1, 0.15) is 11.6 Å². The number of rotatable bonds is 6. The number of aliphatic hydroxyl groups excluding tert-OH is 2. The van der Waals surface area contributed by atoms with Crippen LogP contribution in [0, 0.1) is 5.82 Å². The van der Waals surface area contributed by atoms with E-state index in [0.29, 0.717) is 18.7 Å². The van der Waals surface area contributed by atoms with Gasteiger partial charge in [0, 0.05) is 12.6 Å².